The van der Waals surface area contributed by atoms with Crippen molar-refractivity contribution in [1.29, 1.82) is 0 Å². The average molecular weight is 270 g/mol. The van der Waals surface area contributed by atoms with Crippen molar-refractivity contribution in [1.82, 2.24) is 10.2 Å². The Morgan fingerprint density at radius 2 is 1.79 bits per heavy atom. The van der Waals surface area contributed by atoms with Crippen molar-refractivity contribution in [3.8, 4) is 0 Å². The first-order valence-corrected chi connectivity index (χ1v) is 6.64. The number of rotatable bonds is 6. The summed E-state index contributed by atoms with van der Waals surface area (Å²) in [6.07, 6.45) is 0. The predicted molar refractivity (Wildman–Crippen MR) is 73.7 cm³/mol. The maximum Gasteiger partial charge on any atom is 0.307 e. The van der Waals surface area contributed by atoms with E-state index in [0.717, 1.165) is 6.54 Å². The number of carbonyl (C=O) groups is 2. The van der Waals surface area contributed by atoms with E-state index in [-0.39, 0.29) is 11.3 Å². The van der Waals surface area contributed by atoms with Gasteiger partial charge in [0.2, 0.25) is 5.91 Å². The van der Waals surface area contributed by atoms with Crippen LogP contribution in [-0.4, -0.2) is 49.1 Å². The summed E-state index contributed by atoms with van der Waals surface area (Å²) < 4.78 is 0. The minimum atomic E-state index is -0.877. The number of carboxylic acid groups (broad SMARTS) is 1. The molecular weight excluding hydrogens is 244 g/mol. The van der Waals surface area contributed by atoms with E-state index in [0.29, 0.717) is 6.54 Å². The van der Waals surface area contributed by atoms with Gasteiger partial charge in [-0.2, -0.15) is 0 Å². The molecule has 0 heterocycles. The van der Waals surface area contributed by atoms with Crippen LogP contribution in [-0.2, 0) is 9.59 Å². The molecule has 2 atom stereocenters. The number of hydrogen-bond donors (Lipinski definition) is 2. The first-order chi connectivity index (χ1) is 8.49. The largest absolute Gasteiger partial charge is 0.481 e. The summed E-state index contributed by atoms with van der Waals surface area (Å²) in [5, 5.41) is 12.0. The third-order valence-electron chi connectivity index (χ3n) is 3.86. The zero-order chi connectivity index (χ0) is 15.0. The number of nitrogens with zero attached hydrogens (tertiary/aromatic N) is 1. The van der Waals surface area contributed by atoms with Gasteiger partial charge >= 0.3 is 5.97 Å². The van der Waals surface area contributed by atoms with Crippen molar-refractivity contribution in [3.05, 3.63) is 0 Å². The molecule has 0 radical (unpaired) electrons. The summed E-state index contributed by atoms with van der Waals surface area (Å²) in [5.41, 5.74) is -0.460. The van der Waals surface area contributed by atoms with E-state index < -0.39 is 23.2 Å². The Balaban J connectivity index is 2.52. The number of carboxylic acids is 1. The first-order valence-electron chi connectivity index (χ1n) is 6.64. The molecule has 5 heteroatoms. The fraction of sp³-hybridized carbons (Fsp3) is 0.857. The lowest BCUT2D eigenvalue weighted by atomic mass is 9.93. The second-order valence-electron chi connectivity index (χ2n) is 7.23. The molecule has 19 heavy (non-hydrogen) atoms. The fourth-order valence-corrected chi connectivity index (χ4v) is 2.94. The molecular formula is C14H26N2O3. The monoisotopic (exact) mass is 270 g/mol. The second kappa shape index (κ2) is 5.12. The maximum atomic E-state index is 12.1. The molecule has 5 nitrogen and oxygen atoms in total. The molecule has 1 saturated carbocycles. The Bertz CT molecular complexity index is 375. The Hall–Kier alpha value is -1.10. The van der Waals surface area contributed by atoms with Crippen LogP contribution >= 0.6 is 0 Å². The van der Waals surface area contributed by atoms with Gasteiger partial charge in [0, 0.05) is 13.1 Å². The highest BCUT2D eigenvalue weighted by atomic mass is 16.4. The van der Waals surface area contributed by atoms with Gasteiger partial charge in [-0.25, -0.2) is 0 Å². The van der Waals surface area contributed by atoms with Crippen LogP contribution in [0.2, 0.25) is 0 Å². The van der Waals surface area contributed by atoms with Crippen molar-refractivity contribution in [2.75, 3.05) is 27.2 Å². The van der Waals surface area contributed by atoms with Gasteiger partial charge in [-0.15, -0.1) is 0 Å². The summed E-state index contributed by atoms with van der Waals surface area (Å²) in [5.74, 6) is -1.97. The van der Waals surface area contributed by atoms with E-state index in [2.05, 4.69) is 24.1 Å². The van der Waals surface area contributed by atoms with E-state index in [1.54, 1.807) is 0 Å². The van der Waals surface area contributed by atoms with Crippen molar-refractivity contribution < 1.29 is 14.7 Å². The molecule has 0 saturated heterocycles. The van der Waals surface area contributed by atoms with Crippen LogP contribution < -0.4 is 5.32 Å². The highest BCUT2D eigenvalue weighted by molar-refractivity contribution is 5.91. The van der Waals surface area contributed by atoms with E-state index in [1.807, 2.05) is 27.9 Å². The smallest absolute Gasteiger partial charge is 0.307 e. The van der Waals surface area contributed by atoms with E-state index >= 15 is 0 Å². The molecule has 2 N–H and O–H groups in total. The van der Waals surface area contributed by atoms with Crippen molar-refractivity contribution in [2.24, 2.45) is 22.7 Å². The molecule has 0 bridgehead atoms. The molecule has 1 rings (SSSR count). The van der Waals surface area contributed by atoms with Crippen LogP contribution in [0.3, 0.4) is 0 Å². The molecule has 1 amide bonds. The summed E-state index contributed by atoms with van der Waals surface area (Å²) in [7, 11) is 3.99. The molecule has 1 aliphatic rings. The molecule has 0 aliphatic heterocycles. The Morgan fingerprint density at radius 1 is 1.26 bits per heavy atom. The normalized spacial score (nSPS) is 25.2. The van der Waals surface area contributed by atoms with Gasteiger partial charge in [0.15, 0.2) is 0 Å². The van der Waals surface area contributed by atoms with Crippen LogP contribution in [0.1, 0.15) is 27.7 Å². The first kappa shape index (κ1) is 16.0. The minimum Gasteiger partial charge on any atom is -0.481 e. The van der Waals surface area contributed by atoms with Crippen molar-refractivity contribution in [3.63, 3.8) is 0 Å². The Labute approximate surface area is 115 Å². The van der Waals surface area contributed by atoms with Crippen LogP contribution in [0.4, 0.5) is 0 Å². The summed E-state index contributed by atoms with van der Waals surface area (Å²) in [6.45, 7) is 9.26. The lowest BCUT2D eigenvalue weighted by Gasteiger charge is -2.28. The molecule has 0 aromatic heterocycles. The highest BCUT2D eigenvalue weighted by Crippen LogP contribution is 2.58. The summed E-state index contributed by atoms with van der Waals surface area (Å²) >= 11 is 0. The summed E-state index contributed by atoms with van der Waals surface area (Å²) in [4.78, 5) is 25.2. The van der Waals surface area contributed by atoms with Crippen molar-refractivity contribution in [2.45, 2.75) is 27.7 Å². The van der Waals surface area contributed by atoms with E-state index in [4.69, 9.17) is 5.11 Å². The van der Waals surface area contributed by atoms with Gasteiger partial charge in [0.25, 0.3) is 0 Å². The molecule has 2 unspecified atom stereocenters. The molecule has 1 aliphatic carbocycles. The van der Waals surface area contributed by atoms with Crippen molar-refractivity contribution >= 4 is 11.9 Å². The molecule has 1 fully saturated rings. The predicted octanol–water partition coefficient (Wildman–Crippen LogP) is 1.05. The fourth-order valence-electron chi connectivity index (χ4n) is 2.94. The molecule has 0 spiro atoms. The van der Waals surface area contributed by atoms with Gasteiger partial charge in [0.05, 0.1) is 11.8 Å². The van der Waals surface area contributed by atoms with Gasteiger partial charge in [0.1, 0.15) is 0 Å². The van der Waals surface area contributed by atoms with Gasteiger partial charge in [-0.05, 0) is 24.9 Å². The van der Waals surface area contributed by atoms with E-state index in [9.17, 15) is 9.59 Å². The van der Waals surface area contributed by atoms with E-state index in [1.165, 1.54) is 0 Å². The molecule has 0 aromatic carbocycles. The van der Waals surface area contributed by atoms with Gasteiger partial charge in [-0.1, -0.05) is 27.7 Å². The zero-order valence-electron chi connectivity index (χ0n) is 12.8. The number of amides is 1. The van der Waals surface area contributed by atoms with Crippen LogP contribution in [0.15, 0.2) is 0 Å². The Morgan fingerprint density at radius 3 is 2.16 bits per heavy atom. The topological polar surface area (TPSA) is 69.6 Å². The van der Waals surface area contributed by atoms with Gasteiger partial charge < -0.3 is 15.3 Å². The maximum absolute atomic E-state index is 12.1. The van der Waals surface area contributed by atoms with Crippen LogP contribution in [0.25, 0.3) is 0 Å². The van der Waals surface area contributed by atoms with Crippen LogP contribution in [0.5, 0.6) is 0 Å². The number of nitrogens with one attached hydrogen (secondary N) is 1. The quantitative estimate of drug-likeness (QED) is 0.757. The third kappa shape index (κ3) is 3.69. The Kier molecular flexibility index (Phi) is 4.30. The summed E-state index contributed by atoms with van der Waals surface area (Å²) in [6, 6.07) is 0. The number of hydrogen-bond acceptors (Lipinski definition) is 3. The SMILES string of the molecule is CN(C)CC(C)(C)CNC(=O)C1C(C(=O)O)C1(C)C. The number of aliphatic carboxylic acids is 1. The molecule has 0 aromatic rings. The minimum absolute atomic E-state index is 0.0308. The lowest BCUT2D eigenvalue weighted by Crippen LogP contribution is -2.41. The standard InChI is InChI=1S/C14H26N2O3/c1-13(2,8-16(5)6)7-15-11(17)9-10(12(18)19)14(9,3)4/h9-10H,7-8H2,1-6H3,(H,15,17)(H,18,19). The zero-order valence-corrected chi connectivity index (χ0v) is 12.8. The second-order valence-corrected chi connectivity index (χ2v) is 7.23. The average Bonchev–Trinajstić information content (AvgIpc) is 2.76. The third-order valence-corrected chi connectivity index (χ3v) is 3.86. The number of carbonyl (C=O) groups excluding carboxylic acids is 1. The lowest BCUT2D eigenvalue weighted by molar-refractivity contribution is -0.140. The van der Waals surface area contributed by atoms with Gasteiger partial charge in [-0.3, -0.25) is 9.59 Å². The van der Waals surface area contributed by atoms with Crippen LogP contribution in [0, 0.1) is 22.7 Å². The molecule has 110 valence electrons. The highest BCUT2D eigenvalue weighted by Gasteiger charge is 2.65.